The van der Waals surface area contributed by atoms with Crippen LogP contribution in [0.5, 0.6) is 0 Å². The Bertz CT molecular complexity index is 296. The number of Topliss-reactive ketones (excluding diaryl/α,β-unsaturated/α-hetero) is 1. The lowest BCUT2D eigenvalue weighted by Crippen LogP contribution is -2.46. The Labute approximate surface area is 110 Å². The molecule has 2 atom stereocenters. The molecule has 2 rings (SSSR count). The molecule has 0 aromatic carbocycles. The molecule has 2 saturated heterocycles. The number of hydrogen-bond acceptors (Lipinski definition) is 3. The molecule has 0 amide bonds. The summed E-state index contributed by atoms with van der Waals surface area (Å²) in [5, 5.41) is 0. The van der Waals surface area contributed by atoms with Crippen molar-refractivity contribution in [3.8, 4) is 0 Å². The predicted octanol–water partition coefficient (Wildman–Crippen LogP) is 1.86. The van der Waals surface area contributed by atoms with Crippen LogP contribution in [0.1, 0.15) is 25.7 Å². The minimum atomic E-state index is 0.124. The smallest absolute Gasteiger partial charge is 0.167 e. The van der Waals surface area contributed by atoms with Crippen molar-refractivity contribution in [1.82, 2.24) is 9.80 Å². The number of carbonyl (C=O) groups excluding carboxylic acids is 1. The second-order valence-corrected chi connectivity index (χ2v) is 5.29. The zero-order valence-corrected chi connectivity index (χ0v) is 11.2. The first-order valence-corrected chi connectivity index (χ1v) is 7.01. The molecule has 0 bridgehead atoms. The zero-order valence-electron chi connectivity index (χ0n) is 11.2. The van der Waals surface area contributed by atoms with Crippen molar-refractivity contribution in [3.05, 3.63) is 25.3 Å². The molecule has 18 heavy (non-hydrogen) atoms. The zero-order chi connectivity index (χ0) is 13.0. The molecule has 100 valence electrons. The van der Waals surface area contributed by atoms with Crippen LogP contribution in [0.25, 0.3) is 0 Å². The molecular formula is C15H24N2O. The summed E-state index contributed by atoms with van der Waals surface area (Å²) in [6.45, 7) is 11.3. The minimum absolute atomic E-state index is 0.124. The van der Waals surface area contributed by atoms with Gasteiger partial charge in [0.15, 0.2) is 5.78 Å². The highest BCUT2D eigenvalue weighted by Gasteiger charge is 2.38. The topological polar surface area (TPSA) is 23.6 Å². The fourth-order valence-electron chi connectivity index (χ4n) is 3.29. The van der Waals surface area contributed by atoms with E-state index in [1.54, 1.807) is 0 Å². The Morgan fingerprint density at radius 3 is 1.83 bits per heavy atom. The van der Waals surface area contributed by atoms with E-state index in [0.29, 0.717) is 5.78 Å². The van der Waals surface area contributed by atoms with E-state index in [0.717, 1.165) is 51.9 Å². The maximum Gasteiger partial charge on any atom is 0.167 e. The molecule has 0 N–H and O–H groups in total. The van der Waals surface area contributed by atoms with Crippen LogP contribution in [-0.2, 0) is 4.79 Å². The highest BCUT2D eigenvalue weighted by atomic mass is 16.1. The predicted molar refractivity (Wildman–Crippen MR) is 74.6 cm³/mol. The molecule has 2 aliphatic rings. The number of rotatable bonds is 6. The van der Waals surface area contributed by atoms with Crippen molar-refractivity contribution < 1.29 is 4.79 Å². The maximum absolute atomic E-state index is 12.7. The number of likely N-dealkylation sites (tertiary alicyclic amines) is 2. The Balaban J connectivity index is 2.01. The van der Waals surface area contributed by atoms with Crippen molar-refractivity contribution in [1.29, 1.82) is 0 Å². The van der Waals surface area contributed by atoms with Crippen molar-refractivity contribution in [2.45, 2.75) is 37.8 Å². The quantitative estimate of drug-likeness (QED) is 0.670. The Hall–Kier alpha value is -0.930. The lowest BCUT2D eigenvalue weighted by atomic mass is 10.0. The van der Waals surface area contributed by atoms with Crippen molar-refractivity contribution >= 4 is 5.78 Å². The van der Waals surface area contributed by atoms with Crippen molar-refractivity contribution in [2.24, 2.45) is 0 Å². The molecule has 0 aliphatic carbocycles. The van der Waals surface area contributed by atoms with Crippen molar-refractivity contribution in [3.63, 3.8) is 0 Å². The van der Waals surface area contributed by atoms with Gasteiger partial charge < -0.3 is 0 Å². The highest BCUT2D eigenvalue weighted by Crippen LogP contribution is 2.25. The molecule has 2 fully saturated rings. The third-order valence-corrected chi connectivity index (χ3v) is 4.11. The van der Waals surface area contributed by atoms with Crippen LogP contribution in [0.4, 0.5) is 0 Å². The number of hydrogen-bond donors (Lipinski definition) is 0. The van der Waals surface area contributed by atoms with Crippen LogP contribution >= 0.6 is 0 Å². The van der Waals surface area contributed by atoms with Crippen molar-refractivity contribution in [2.75, 3.05) is 26.2 Å². The molecule has 0 aromatic heterocycles. The van der Waals surface area contributed by atoms with Crippen LogP contribution in [0.2, 0.25) is 0 Å². The molecule has 0 saturated carbocycles. The van der Waals surface area contributed by atoms with Gasteiger partial charge in [0.2, 0.25) is 0 Å². The molecule has 2 aliphatic heterocycles. The molecule has 2 heterocycles. The van der Waals surface area contributed by atoms with Gasteiger partial charge in [0.05, 0.1) is 12.1 Å². The summed E-state index contributed by atoms with van der Waals surface area (Å²) in [6.07, 6.45) is 8.12. The lowest BCUT2D eigenvalue weighted by Gasteiger charge is -2.28. The first-order chi connectivity index (χ1) is 8.77. The minimum Gasteiger partial charge on any atom is -0.296 e. The van der Waals surface area contributed by atoms with E-state index in [9.17, 15) is 4.79 Å². The van der Waals surface area contributed by atoms with Gasteiger partial charge in [0, 0.05) is 13.1 Å². The van der Waals surface area contributed by atoms with Gasteiger partial charge in [-0.05, 0) is 38.8 Å². The van der Waals surface area contributed by atoms with Gasteiger partial charge in [-0.1, -0.05) is 12.2 Å². The van der Waals surface area contributed by atoms with E-state index in [-0.39, 0.29) is 12.1 Å². The lowest BCUT2D eigenvalue weighted by molar-refractivity contribution is -0.127. The number of ketones is 1. The third-order valence-electron chi connectivity index (χ3n) is 4.11. The first-order valence-electron chi connectivity index (χ1n) is 7.01. The number of nitrogens with zero attached hydrogens (tertiary/aromatic N) is 2. The second kappa shape index (κ2) is 6.30. The van der Waals surface area contributed by atoms with Gasteiger partial charge in [0.1, 0.15) is 0 Å². The van der Waals surface area contributed by atoms with Gasteiger partial charge in [-0.25, -0.2) is 0 Å². The Morgan fingerprint density at radius 1 is 1.00 bits per heavy atom. The highest BCUT2D eigenvalue weighted by molar-refractivity contribution is 5.89. The molecule has 3 nitrogen and oxygen atoms in total. The summed E-state index contributed by atoms with van der Waals surface area (Å²) in [7, 11) is 0. The normalized spacial score (nSPS) is 29.6. The van der Waals surface area contributed by atoms with Gasteiger partial charge in [-0.15, -0.1) is 13.2 Å². The van der Waals surface area contributed by atoms with Crippen LogP contribution in [0, 0.1) is 0 Å². The van der Waals surface area contributed by atoms with E-state index >= 15 is 0 Å². The molecule has 0 radical (unpaired) electrons. The first kappa shape index (κ1) is 13.5. The second-order valence-electron chi connectivity index (χ2n) is 5.29. The van der Waals surface area contributed by atoms with Crippen LogP contribution < -0.4 is 0 Å². The van der Waals surface area contributed by atoms with E-state index < -0.39 is 0 Å². The Kier molecular flexibility index (Phi) is 4.72. The maximum atomic E-state index is 12.7. The number of carbonyl (C=O) groups is 1. The largest absolute Gasteiger partial charge is 0.296 e. The van der Waals surface area contributed by atoms with Gasteiger partial charge in [-0.3, -0.25) is 14.6 Å². The summed E-state index contributed by atoms with van der Waals surface area (Å²) in [5.41, 5.74) is 0. The van der Waals surface area contributed by atoms with E-state index in [1.165, 1.54) is 0 Å². The molecule has 0 spiro atoms. The summed E-state index contributed by atoms with van der Waals surface area (Å²) in [5.74, 6) is 0.425. The average Bonchev–Trinajstić information content (AvgIpc) is 2.98. The fraction of sp³-hybridized carbons (Fsp3) is 0.667. The Morgan fingerprint density at radius 2 is 1.44 bits per heavy atom. The summed E-state index contributed by atoms with van der Waals surface area (Å²) >= 11 is 0. The third kappa shape index (κ3) is 2.73. The summed E-state index contributed by atoms with van der Waals surface area (Å²) < 4.78 is 0. The van der Waals surface area contributed by atoms with Crippen LogP contribution in [0.3, 0.4) is 0 Å². The summed E-state index contributed by atoms with van der Waals surface area (Å²) in [4.78, 5) is 17.2. The van der Waals surface area contributed by atoms with Gasteiger partial charge in [-0.2, -0.15) is 0 Å². The molecule has 0 aromatic rings. The SMILES string of the molecule is C=CCN1CCCC1C(=O)C1CCCN1CC=C. The van der Waals surface area contributed by atoms with Crippen LogP contribution in [0.15, 0.2) is 25.3 Å². The van der Waals surface area contributed by atoms with Gasteiger partial charge >= 0.3 is 0 Å². The molecular weight excluding hydrogens is 224 g/mol. The monoisotopic (exact) mass is 248 g/mol. The van der Waals surface area contributed by atoms with E-state index in [2.05, 4.69) is 23.0 Å². The average molecular weight is 248 g/mol. The van der Waals surface area contributed by atoms with Crippen LogP contribution in [-0.4, -0.2) is 53.8 Å². The van der Waals surface area contributed by atoms with E-state index in [4.69, 9.17) is 0 Å². The standard InChI is InChI=1S/C15H24N2O/c1-3-9-16-11-5-7-13(16)15(18)14-8-6-12-17(14)10-4-2/h3-4,13-14H,1-2,5-12H2. The molecule has 2 unspecified atom stereocenters. The van der Waals surface area contributed by atoms with Gasteiger partial charge in [0.25, 0.3) is 0 Å². The van der Waals surface area contributed by atoms with E-state index in [1.807, 2.05) is 12.2 Å². The fourth-order valence-corrected chi connectivity index (χ4v) is 3.29. The molecule has 3 heteroatoms. The summed E-state index contributed by atoms with van der Waals surface area (Å²) in [6, 6.07) is 0.247.